The average molecular weight is 467 g/mol. The smallest absolute Gasteiger partial charge is 0.419 e. The maximum atomic E-state index is 13.5. The van der Waals surface area contributed by atoms with Gasteiger partial charge in [0.1, 0.15) is 11.6 Å². The van der Waals surface area contributed by atoms with Crippen molar-refractivity contribution in [3.63, 3.8) is 0 Å². The highest BCUT2D eigenvalue weighted by Crippen LogP contribution is 2.40. The fourth-order valence-corrected chi connectivity index (χ4v) is 4.59. The summed E-state index contributed by atoms with van der Waals surface area (Å²) in [5, 5.41) is 11.5. The molecule has 176 valence electrons. The summed E-state index contributed by atoms with van der Waals surface area (Å²) in [6.07, 6.45) is -2.78. The highest BCUT2D eigenvalue weighted by molar-refractivity contribution is 5.36. The number of alkyl halides is 3. The lowest BCUT2D eigenvalue weighted by atomic mass is 9.92. The molecule has 2 bridgehead atoms. The molecular weight excluding hydrogens is 446 g/mol. The van der Waals surface area contributed by atoms with Crippen LogP contribution in [-0.2, 0) is 13.2 Å². The van der Waals surface area contributed by atoms with Crippen molar-refractivity contribution in [1.29, 1.82) is 0 Å². The zero-order valence-electron chi connectivity index (χ0n) is 17.8. The number of fused-ring (bicyclic) bond motifs is 2. The van der Waals surface area contributed by atoms with E-state index in [0.717, 1.165) is 32.0 Å². The lowest BCUT2D eigenvalue weighted by molar-refractivity contribution is -0.140. The first kappa shape index (κ1) is 21.5. The van der Waals surface area contributed by atoms with Gasteiger partial charge in [-0.2, -0.15) is 23.1 Å². The minimum atomic E-state index is -4.83. The second-order valence-corrected chi connectivity index (χ2v) is 8.38. The van der Waals surface area contributed by atoms with Gasteiger partial charge in [0.25, 0.3) is 0 Å². The van der Waals surface area contributed by atoms with Crippen molar-refractivity contribution >= 4 is 12.0 Å². The van der Waals surface area contributed by atoms with Crippen LogP contribution >= 0.6 is 0 Å². The molecule has 13 heteroatoms. The molecule has 2 unspecified atom stereocenters. The number of nitrogens with zero attached hydrogens (tertiary/aromatic N) is 6. The number of hydrogen-bond donors (Lipinski definition) is 1. The van der Waals surface area contributed by atoms with Crippen LogP contribution < -0.4 is 15.0 Å². The molecule has 3 heterocycles. The number of aromatic nitrogens is 5. The maximum Gasteiger partial charge on any atom is 0.419 e. The highest BCUT2D eigenvalue weighted by Gasteiger charge is 2.44. The summed E-state index contributed by atoms with van der Waals surface area (Å²) in [6, 6.07) is 3.07. The zero-order chi connectivity index (χ0) is 23.3. The molecule has 5 rings (SSSR count). The summed E-state index contributed by atoms with van der Waals surface area (Å²) in [5.41, 5.74) is -1.40. The van der Waals surface area contributed by atoms with E-state index < -0.39 is 17.6 Å². The van der Waals surface area contributed by atoms with Crippen molar-refractivity contribution in [2.24, 2.45) is 18.9 Å². The molecule has 2 atom stereocenters. The Morgan fingerprint density at radius 3 is 2.52 bits per heavy atom. The molecule has 1 aromatic carbocycles. The molecule has 0 radical (unpaired) electrons. The number of halogens is 4. The third-order valence-electron chi connectivity index (χ3n) is 6.09. The average Bonchev–Trinajstić information content (AvgIpc) is 3.38. The Bertz CT molecular complexity index is 1150. The lowest BCUT2D eigenvalue weighted by Crippen LogP contribution is -2.48. The number of anilines is 2. The van der Waals surface area contributed by atoms with Crippen molar-refractivity contribution in [3.05, 3.63) is 35.4 Å². The van der Waals surface area contributed by atoms with Crippen molar-refractivity contribution in [2.45, 2.75) is 32.0 Å². The lowest BCUT2D eigenvalue weighted by Gasteiger charge is -2.37. The molecule has 0 amide bonds. The number of hydrogen-bond acceptors (Lipinski definition) is 8. The van der Waals surface area contributed by atoms with Gasteiger partial charge >= 0.3 is 18.2 Å². The van der Waals surface area contributed by atoms with Crippen LogP contribution in [0.15, 0.2) is 22.7 Å². The van der Waals surface area contributed by atoms with Gasteiger partial charge in [0.15, 0.2) is 5.82 Å². The first-order chi connectivity index (χ1) is 15.7. The summed E-state index contributed by atoms with van der Waals surface area (Å²) in [4.78, 5) is 10.7. The summed E-state index contributed by atoms with van der Waals surface area (Å²) in [6.45, 7) is 3.28. The highest BCUT2D eigenvalue weighted by atomic mass is 19.4. The van der Waals surface area contributed by atoms with Gasteiger partial charge in [-0.15, -0.1) is 5.10 Å². The molecule has 9 nitrogen and oxygen atoms in total. The third-order valence-corrected chi connectivity index (χ3v) is 6.09. The molecule has 2 aromatic heterocycles. The molecule has 2 fully saturated rings. The number of rotatable bonds is 5. The van der Waals surface area contributed by atoms with Crippen LogP contribution in [0.4, 0.5) is 29.5 Å². The Balaban J connectivity index is 1.28. The maximum absolute atomic E-state index is 13.5. The van der Waals surface area contributed by atoms with Crippen LogP contribution in [0.5, 0.6) is 11.8 Å². The van der Waals surface area contributed by atoms with E-state index in [-0.39, 0.29) is 17.8 Å². The minimum Gasteiger partial charge on any atom is -0.424 e. The first-order valence-electron chi connectivity index (χ1n) is 10.4. The van der Waals surface area contributed by atoms with E-state index in [1.807, 2.05) is 0 Å². The Morgan fingerprint density at radius 2 is 1.88 bits per heavy atom. The molecule has 1 aliphatic carbocycles. The van der Waals surface area contributed by atoms with Crippen LogP contribution in [0.25, 0.3) is 0 Å². The second-order valence-electron chi connectivity index (χ2n) is 8.38. The van der Waals surface area contributed by atoms with Crippen LogP contribution in [0.3, 0.4) is 0 Å². The summed E-state index contributed by atoms with van der Waals surface area (Å²) in [5.74, 6) is -0.0196. The number of ether oxygens (including phenoxy) is 1. The van der Waals surface area contributed by atoms with Crippen LogP contribution in [0, 0.1) is 24.6 Å². The fourth-order valence-electron chi connectivity index (χ4n) is 4.59. The van der Waals surface area contributed by atoms with E-state index in [4.69, 9.17) is 9.26 Å². The number of aryl methyl sites for hydroxylation is 2. The molecule has 0 spiro atoms. The largest absolute Gasteiger partial charge is 0.424 e. The molecule has 33 heavy (non-hydrogen) atoms. The molecule has 1 saturated carbocycles. The Morgan fingerprint density at radius 1 is 1.15 bits per heavy atom. The van der Waals surface area contributed by atoms with Gasteiger partial charge in [0.2, 0.25) is 5.95 Å². The zero-order valence-corrected chi connectivity index (χ0v) is 17.8. The van der Waals surface area contributed by atoms with E-state index in [9.17, 15) is 17.6 Å². The number of nitrogens with one attached hydrogen (secondary N) is 1. The van der Waals surface area contributed by atoms with Crippen molar-refractivity contribution < 1.29 is 26.8 Å². The van der Waals surface area contributed by atoms with E-state index in [0.29, 0.717) is 41.8 Å². The molecule has 1 N–H and O–H groups in total. The van der Waals surface area contributed by atoms with E-state index in [1.165, 1.54) is 4.68 Å². The van der Waals surface area contributed by atoms with Gasteiger partial charge in [-0.1, -0.05) is 5.16 Å². The Kier molecular flexibility index (Phi) is 5.13. The summed E-state index contributed by atoms with van der Waals surface area (Å²) in [7, 11) is 1.57. The Hall–Kier alpha value is -3.38. The molecule has 3 aromatic rings. The van der Waals surface area contributed by atoms with Gasteiger partial charge in [-0.25, -0.2) is 9.07 Å². The van der Waals surface area contributed by atoms with Crippen LogP contribution in [-0.4, -0.2) is 44.0 Å². The standard InChI is InChI=1S/C20H21F4N7O2/c1-10-25-19(33-29-10)31-8-11-3-4-12(9-31)16(11)26-17-27-18(30(2)28-17)32-13-5-6-15(21)14(7-13)20(22,23)24/h5-7,11-12,16H,3-4,8-9H2,1-2H3,(H,26,28). The number of benzene rings is 1. The molecule has 2 aliphatic rings. The van der Waals surface area contributed by atoms with Crippen molar-refractivity contribution in [2.75, 3.05) is 23.3 Å². The van der Waals surface area contributed by atoms with Crippen molar-refractivity contribution in [1.82, 2.24) is 24.9 Å². The topological polar surface area (TPSA) is 94.1 Å². The summed E-state index contributed by atoms with van der Waals surface area (Å²) >= 11 is 0. The van der Waals surface area contributed by atoms with E-state index in [2.05, 4.69) is 30.4 Å². The first-order valence-corrected chi connectivity index (χ1v) is 10.4. The third kappa shape index (κ3) is 4.18. The van der Waals surface area contributed by atoms with Crippen LogP contribution in [0.1, 0.15) is 24.2 Å². The normalized spacial score (nSPS) is 22.6. The summed E-state index contributed by atoms with van der Waals surface area (Å²) < 4.78 is 64.5. The van der Waals surface area contributed by atoms with Crippen LogP contribution in [0.2, 0.25) is 0 Å². The van der Waals surface area contributed by atoms with Gasteiger partial charge in [-0.05, 0) is 49.8 Å². The molecule has 1 saturated heterocycles. The quantitative estimate of drug-likeness (QED) is 0.567. The SMILES string of the molecule is Cc1noc(N2CC3CCC(C2)C3Nc2nc(Oc3ccc(F)c(C(F)(F)F)c3)n(C)n2)n1. The van der Waals surface area contributed by atoms with Gasteiger partial charge in [-0.3, -0.25) is 0 Å². The van der Waals surface area contributed by atoms with Gasteiger partial charge in [0.05, 0.1) is 5.56 Å². The van der Waals surface area contributed by atoms with E-state index >= 15 is 0 Å². The predicted octanol–water partition coefficient (Wildman–Crippen LogP) is 3.78. The Labute approximate surface area is 185 Å². The van der Waals surface area contributed by atoms with Gasteiger partial charge < -0.3 is 19.5 Å². The number of piperidine rings is 1. The predicted molar refractivity (Wildman–Crippen MR) is 107 cm³/mol. The monoisotopic (exact) mass is 467 g/mol. The van der Waals surface area contributed by atoms with Crippen molar-refractivity contribution in [3.8, 4) is 11.8 Å². The molecule has 1 aliphatic heterocycles. The second kappa shape index (κ2) is 7.89. The minimum absolute atomic E-state index is 0.0108. The van der Waals surface area contributed by atoms with E-state index in [1.54, 1.807) is 14.0 Å². The fraction of sp³-hybridized carbons (Fsp3) is 0.500. The molecular formula is C20H21F4N7O2. The van der Waals surface area contributed by atoms with Gasteiger partial charge in [0, 0.05) is 26.2 Å².